The molecule has 0 amide bonds. The summed E-state index contributed by atoms with van der Waals surface area (Å²) >= 11 is 3.57. The van der Waals surface area contributed by atoms with Crippen molar-refractivity contribution in [3.8, 4) is 0 Å². The summed E-state index contributed by atoms with van der Waals surface area (Å²) in [7, 11) is 0. The van der Waals surface area contributed by atoms with Gasteiger partial charge in [-0.2, -0.15) is 0 Å². The lowest BCUT2D eigenvalue weighted by Gasteiger charge is -2.42. The molecule has 0 nitrogen and oxygen atoms in total. The number of rotatable bonds is 4. The second kappa shape index (κ2) is 4.48. The van der Waals surface area contributed by atoms with E-state index in [0.717, 1.165) is 5.33 Å². The first kappa shape index (κ1) is 10.2. The van der Waals surface area contributed by atoms with E-state index in [0.29, 0.717) is 5.41 Å². The van der Waals surface area contributed by atoms with Crippen molar-refractivity contribution >= 4 is 15.9 Å². The first-order valence-electron chi connectivity index (χ1n) is 5.45. The Hall–Kier alpha value is -0.300. The Balaban J connectivity index is 2.01. The van der Waals surface area contributed by atoms with Gasteiger partial charge in [-0.1, -0.05) is 52.7 Å². The van der Waals surface area contributed by atoms with Crippen LogP contribution in [0.5, 0.6) is 0 Å². The van der Waals surface area contributed by atoms with Crippen LogP contribution in [0.4, 0.5) is 0 Å². The summed E-state index contributed by atoms with van der Waals surface area (Å²) in [5, 5.41) is 1.15. The monoisotopic (exact) mass is 252 g/mol. The summed E-state index contributed by atoms with van der Waals surface area (Å²) in [5.74, 6) is 0. The SMILES string of the molecule is BrCCC1(Cc2ccccc2)CCC1. The highest BCUT2D eigenvalue weighted by Crippen LogP contribution is 2.46. The molecule has 0 unspecified atom stereocenters. The molecule has 0 bridgehead atoms. The van der Waals surface area contributed by atoms with Crippen LogP contribution in [0.3, 0.4) is 0 Å². The molecule has 1 aliphatic carbocycles. The predicted octanol–water partition coefficient (Wildman–Crippen LogP) is 4.18. The van der Waals surface area contributed by atoms with Gasteiger partial charge in [0.25, 0.3) is 0 Å². The lowest BCUT2D eigenvalue weighted by Crippen LogP contribution is -2.32. The molecule has 1 aromatic carbocycles. The molecule has 1 saturated carbocycles. The fourth-order valence-corrected chi connectivity index (χ4v) is 3.26. The van der Waals surface area contributed by atoms with Crippen LogP contribution in [0.1, 0.15) is 31.2 Å². The van der Waals surface area contributed by atoms with E-state index in [1.807, 2.05) is 0 Å². The molecule has 14 heavy (non-hydrogen) atoms. The Morgan fingerprint density at radius 1 is 1.14 bits per heavy atom. The van der Waals surface area contributed by atoms with Crippen LogP contribution < -0.4 is 0 Å². The van der Waals surface area contributed by atoms with Gasteiger partial charge in [0.2, 0.25) is 0 Å². The molecule has 0 aliphatic heterocycles. The molecule has 2 rings (SSSR count). The van der Waals surface area contributed by atoms with Crippen LogP contribution in [0, 0.1) is 5.41 Å². The first-order chi connectivity index (χ1) is 6.85. The minimum absolute atomic E-state index is 0.630. The summed E-state index contributed by atoms with van der Waals surface area (Å²) in [6.07, 6.45) is 6.89. The van der Waals surface area contributed by atoms with Crippen molar-refractivity contribution in [2.24, 2.45) is 5.41 Å². The number of benzene rings is 1. The van der Waals surface area contributed by atoms with E-state index in [4.69, 9.17) is 0 Å². The number of hydrogen-bond donors (Lipinski definition) is 0. The van der Waals surface area contributed by atoms with E-state index in [-0.39, 0.29) is 0 Å². The van der Waals surface area contributed by atoms with Crippen molar-refractivity contribution in [1.29, 1.82) is 0 Å². The van der Waals surface area contributed by atoms with Gasteiger partial charge in [-0.25, -0.2) is 0 Å². The molecule has 1 heteroatoms. The summed E-state index contributed by atoms with van der Waals surface area (Å²) in [4.78, 5) is 0. The van der Waals surface area contributed by atoms with E-state index in [1.165, 1.54) is 37.7 Å². The fraction of sp³-hybridized carbons (Fsp3) is 0.538. The molecule has 76 valence electrons. The van der Waals surface area contributed by atoms with Gasteiger partial charge in [-0.05, 0) is 36.7 Å². The smallest absolute Gasteiger partial charge is 0.00367 e. The second-order valence-corrected chi connectivity index (χ2v) is 5.25. The fourth-order valence-electron chi connectivity index (χ4n) is 2.42. The van der Waals surface area contributed by atoms with Crippen LogP contribution in [-0.2, 0) is 6.42 Å². The van der Waals surface area contributed by atoms with E-state index in [2.05, 4.69) is 46.3 Å². The Kier molecular flexibility index (Phi) is 3.27. The highest BCUT2D eigenvalue weighted by Gasteiger charge is 2.35. The summed E-state index contributed by atoms with van der Waals surface area (Å²) < 4.78 is 0. The molecule has 0 radical (unpaired) electrons. The van der Waals surface area contributed by atoms with Crippen molar-refractivity contribution in [2.75, 3.05) is 5.33 Å². The average Bonchev–Trinajstić information content (AvgIpc) is 2.16. The topological polar surface area (TPSA) is 0 Å². The van der Waals surface area contributed by atoms with Crippen LogP contribution in [0.2, 0.25) is 0 Å². The quantitative estimate of drug-likeness (QED) is 0.706. The normalized spacial score (nSPS) is 18.9. The summed E-state index contributed by atoms with van der Waals surface area (Å²) in [6.45, 7) is 0. The Bertz CT molecular complexity index is 275. The highest BCUT2D eigenvalue weighted by atomic mass is 79.9. The number of hydrogen-bond acceptors (Lipinski definition) is 0. The van der Waals surface area contributed by atoms with Gasteiger partial charge in [-0.3, -0.25) is 0 Å². The van der Waals surface area contributed by atoms with Crippen LogP contribution >= 0.6 is 15.9 Å². The van der Waals surface area contributed by atoms with E-state index in [9.17, 15) is 0 Å². The van der Waals surface area contributed by atoms with Crippen molar-refractivity contribution in [3.05, 3.63) is 35.9 Å². The molecule has 1 fully saturated rings. The number of halogens is 1. The van der Waals surface area contributed by atoms with E-state index in [1.54, 1.807) is 0 Å². The van der Waals surface area contributed by atoms with Crippen LogP contribution in [0.25, 0.3) is 0 Å². The third kappa shape index (κ3) is 2.20. The van der Waals surface area contributed by atoms with Gasteiger partial charge in [0, 0.05) is 5.33 Å². The molecule has 0 spiro atoms. The van der Waals surface area contributed by atoms with Crippen molar-refractivity contribution in [1.82, 2.24) is 0 Å². The Morgan fingerprint density at radius 3 is 2.36 bits per heavy atom. The van der Waals surface area contributed by atoms with E-state index >= 15 is 0 Å². The van der Waals surface area contributed by atoms with Crippen LogP contribution in [-0.4, -0.2) is 5.33 Å². The minimum Gasteiger partial charge on any atom is -0.0928 e. The third-order valence-corrected chi connectivity index (χ3v) is 3.86. The Labute approximate surface area is 94.8 Å². The molecule has 0 saturated heterocycles. The van der Waals surface area contributed by atoms with Crippen molar-refractivity contribution in [2.45, 2.75) is 32.1 Å². The molecular weight excluding hydrogens is 236 g/mol. The molecule has 1 aromatic rings. The van der Waals surface area contributed by atoms with Gasteiger partial charge >= 0.3 is 0 Å². The third-order valence-electron chi connectivity index (χ3n) is 3.46. The molecule has 0 atom stereocenters. The Morgan fingerprint density at radius 2 is 1.86 bits per heavy atom. The zero-order valence-electron chi connectivity index (χ0n) is 8.51. The van der Waals surface area contributed by atoms with Crippen LogP contribution in [0.15, 0.2) is 30.3 Å². The number of alkyl halides is 1. The largest absolute Gasteiger partial charge is 0.0928 e. The molecule has 0 N–H and O–H groups in total. The molecule has 1 aliphatic rings. The predicted molar refractivity (Wildman–Crippen MR) is 64.8 cm³/mol. The highest BCUT2D eigenvalue weighted by molar-refractivity contribution is 9.09. The maximum Gasteiger partial charge on any atom is 0.00367 e. The lowest BCUT2D eigenvalue weighted by atomic mass is 9.64. The van der Waals surface area contributed by atoms with Gasteiger partial charge < -0.3 is 0 Å². The van der Waals surface area contributed by atoms with Gasteiger partial charge in [0.1, 0.15) is 0 Å². The second-order valence-electron chi connectivity index (χ2n) is 4.45. The summed E-state index contributed by atoms with van der Waals surface area (Å²) in [6, 6.07) is 10.9. The first-order valence-corrected chi connectivity index (χ1v) is 6.57. The molecule has 0 aromatic heterocycles. The van der Waals surface area contributed by atoms with Crippen molar-refractivity contribution < 1.29 is 0 Å². The van der Waals surface area contributed by atoms with Gasteiger partial charge in [-0.15, -0.1) is 0 Å². The van der Waals surface area contributed by atoms with Gasteiger partial charge in [0.15, 0.2) is 0 Å². The molecular formula is C13H17Br. The zero-order chi connectivity index (χ0) is 9.86. The molecule has 0 heterocycles. The summed E-state index contributed by atoms with van der Waals surface area (Å²) in [5.41, 5.74) is 2.14. The van der Waals surface area contributed by atoms with E-state index < -0.39 is 0 Å². The standard InChI is InChI=1S/C13H17Br/c14-10-9-13(7-4-8-13)11-12-5-2-1-3-6-12/h1-3,5-6H,4,7-11H2. The van der Waals surface area contributed by atoms with Gasteiger partial charge in [0.05, 0.1) is 0 Å². The average molecular weight is 253 g/mol. The van der Waals surface area contributed by atoms with Crippen molar-refractivity contribution in [3.63, 3.8) is 0 Å². The zero-order valence-corrected chi connectivity index (χ0v) is 10.1. The minimum atomic E-state index is 0.630. The lowest BCUT2D eigenvalue weighted by molar-refractivity contribution is 0.129. The maximum absolute atomic E-state index is 3.57. The maximum atomic E-state index is 3.57.